The van der Waals surface area contributed by atoms with Gasteiger partial charge in [-0.15, -0.1) is 12.4 Å². The summed E-state index contributed by atoms with van der Waals surface area (Å²) in [5.74, 6) is -0.104. The predicted octanol–water partition coefficient (Wildman–Crippen LogP) is 3.75. The van der Waals surface area contributed by atoms with Crippen molar-refractivity contribution in [2.75, 3.05) is 5.32 Å². The molecule has 1 unspecified atom stereocenters. The number of hydrogen-bond acceptors (Lipinski definition) is 2. The summed E-state index contributed by atoms with van der Waals surface area (Å²) >= 11 is 0. The van der Waals surface area contributed by atoms with Crippen LogP contribution >= 0.6 is 12.4 Å². The second-order valence-corrected chi connectivity index (χ2v) is 5.59. The lowest BCUT2D eigenvalue weighted by molar-refractivity contribution is -0.117. The molecule has 0 aliphatic heterocycles. The van der Waals surface area contributed by atoms with Crippen LogP contribution in [0.3, 0.4) is 0 Å². The third-order valence-corrected chi connectivity index (χ3v) is 4.00. The Hall–Kier alpha value is -1.84. The van der Waals surface area contributed by atoms with Crippen LogP contribution in [0.5, 0.6) is 0 Å². The van der Waals surface area contributed by atoms with Crippen molar-refractivity contribution in [3.8, 4) is 11.1 Å². The summed E-state index contributed by atoms with van der Waals surface area (Å²) in [7, 11) is 0. The van der Waals surface area contributed by atoms with E-state index in [1.54, 1.807) is 0 Å². The minimum Gasteiger partial charge on any atom is -0.325 e. The normalized spacial score (nSPS) is 12.8. The average molecular weight is 317 g/mol. The fourth-order valence-corrected chi connectivity index (χ4v) is 2.90. The van der Waals surface area contributed by atoms with E-state index < -0.39 is 6.04 Å². The number of hydrogen-bond donors (Lipinski definition) is 2. The largest absolute Gasteiger partial charge is 0.325 e. The van der Waals surface area contributed by atoms with Crippen LogP contribution in [0.1, 0.15) is 30.9 Å². The van der Waals surface area contributed by atoms with Crippen molar-refractivity contribution in [1.29, 1.82) is 0 Å². The first-order valence-electron chi connectivity index (χ1n) is 7.46. The number of amides is 1. The molecule has 2 aromatic rings. The highest BCUT2D eigenvalue weighted by Gasteiger charge is 2.19. The smallest absolute Gasteiger partial charge is 0.241 e. The van der Waals surface area contributed by atoms with Crippen molar-refractivity contribution < 1.29 is 4.79 Å². The highest BCUT2D eigenvalue weighted by molar-refractivity contribution is 5.95. The summed E-state index contributed by atoms with van der Waals surface area (Å²) in [5.41, 5.74) is 11.8. The Morgan fingerprint density at radius 2 is 1.91 bits per heavy atom. The molecule has 22 heavy (non-hydrogen) atoms. The second kappa shape index (κ2) is 6.95. The Bertz CT molecular complexity index is 685. The Labute approximate surface area is 137 Å². The molecule has 1 aliphatic carbocycles. The Morgan fingerprint density at radius 3 is 2.68 bits per heavy atom. The first-order valence-corrected chi connectivity index (χ1v) is 7.46. The molecule has 4 heteroatoms. The highest BCUT2D eigenvalue weighted by Crippen LogP contribution is 2.37. The van der Waals surface area contributed by atoms with Crippen molar-refractivity contribution in [3.05, 3.63) is 53.6 Å². The topological polar surface area (TPSA) is 55.1 Å². The van der Waals surface area contributed by atoms with Crippen molar-refractivity contribution in [2.45, 2.75) is 32.2 Å². The molecule has 1 amide bonds. The van der Waals surface area contributed by atoms with Crippen molar-refractivity contribution >= 4 is 24.0 Å². The minimum absolute atomic E-state index is 0. The molecular weight excluding hydrogens is 296 g/mol. The van der Waals surface area contributed by atoms with E-state index in [4.69, 9.17) is 5.73 Å². The Balaban J connectivity index is 0.00000176. The molecule has 3 N–H and O–H groups in total. The zero-order valence-corrected chi connectivity index (χ0v) is 13.5. The molecule has 3 nitrogen and oxygen atoms in total. The highest BCUT2D eigenvalue weighted by atomic mass is 35.5. The average Bonchev–Trinajstić information content (AvgIpc) is 2.85. The van der Waals surface area contributed by atoms with Crippen LogP contribution < -0.4 is 11.1 Å². The molecule has 1 atom stereocenters. The molecule has 0 aromatic heterocycles. The SMILES string of the molecule is CCCC(N)C(=O)Nc1ccc2c(c1)Cc1ccccc1-2.Cl. The number of carbonyl (C=O) groups excluding carboxylic acids is 1. The number of fused-ring (bicyclic) bond motifs is 3. The molecule has 3 rings (SSSR count). The van der Waals surface area contributed by atoms with Gasteiger partial charge in [0.1, 0.15) is 0 Å². The fraction of sp³-hybridized carbons (Fsp3) is 0.278. The number of carbonyl (C=O) groups is 1. The van der Waals surface area contributed by atoms with E-state index >= 15 is 0 Å². The van der Waals surface area contributed by atoms with Crippen LogP contribution in [0.2, 0.25) is 0 Å². The molecule has 116 valence electrons. The first kappa shape index (κ1) is 16.5. The van der Waals surface area contributed by atoms with E-state index in [9.17, 15) is 4.79 Å². The van der Waals surface area contributed by atoms with Gasteiger partial charge in [0.25, 0.3) is 0 Å². The third kappa shape index (κ3) is 3.16. The van der Waals surface area contributed by atoms with E-state index in [0.717, 1.165) is 18.5 Å². The van der Waals surface area contributed by atoms with E-state index in [2.05, 4.69) is 41.7 Å². The lowest BCUT2D eigenvalue weighted by Crippen LogP contribution is -2.35. The maximum atomic E-state index is 12.0. The van der Waals surface area contributed by atoms with Gasteiger partial charge in [0, 0.05) is 5.69 Å². The summed E-state index contributed by atoms with van der Waals surface area (Å²) < 4.78 is 0. The van der Waals surface area contributed by atoms with Crippen LogP contribution in [-0.2, 0) is 11.2 Å². The number of rotatable bonds is 4. The van der Waals surface area contributed by atoms with Gasteiger partial charge in [0.15, 0.2) is 0 Å². The van der Waals surface area contributed by atoms with Crippen LogP contribution in [0.25, 0.3) is 11.1 Å². The van der Waals surface area contributed by atoms with Crippen molar-refractivity contribution in [3.63, 3.8) is 0 Å². The second-order valence-electron chi connectivity index (χ2n) is 5.59. The van der Waals surface area contributed by atoms with Gasteiger partial charge in [-0.25, -0.2) is 0 Å². The van der Waals surface area contributed by atoms with Crippen LogP contribution in [0.4, 0.5) is 5.69 Å². The molecule has 1 aliphatic rings. The van der Waals surface area contributed by atoms with E-state index in [-0.39, 0.29) is 18.3 Å². The van der Waals surface area contributed by atoms with Gasteiger partial charge in [-0.1, -0.05) is 43.7 Å². The van der Waals surface area contributed by atoms with Gasteiger partial charge >= 0.3 is 0 Å². The maximum Gasteiger partial charge on any atom is 0.241 e. The molecule has 2 aromatic carbocycles. The summed E-state index contributed by atoms with van der Waals surface area (Å²) in [6.45, 7) is 2.03. The first-order chi connectivity index (χ1) is 10.2. The molecule has 0 saturated carbocycles. The van der Waals surface area contributed by atoms with Gasteiger partial charge in [-0.3, -0.25) is 4.79 Å². The monoisotopic (exact) mass is 316 g/mol. The number of benzene rings is 2. The van der Waals surface area contributed by atoms with E-state index in [0.29, 0.717) is 6.42 Å². The van der Waals surface area contributed by atoms with Crippen LogP contribution in [-0.4, -0.2) is 11.9 Å². The lowest BCUT2D eigenvalue weighted by atomic mass is 10.1. The molecule has 0 spiro atoms. The molecular formula is C18H21ClN2O. The number of nitrogens with one attached hydrogen (secondary N) is 1. The molecule has 0 fully saturated rings. The van der Waals surface area contributed by atoms with Gasteiger partial charge in [0.05, 0.1) is 6.04 Å². The van der Waals surface area contributed by atoms with E-state index in [1.165, 1.54) is 22.3 Å². The summed E-state index contributed by atoms with van der Waals surface area (Å²) in [5, 5.41) is 2.92. The Morgan fingerprint density at radius 1 is 1.18 bits per heavy atom. The summed E-state index contributed by atoms with van der Waals surface area (Å²) in [6.07, 6.45) is 2.55. The molecule has 0 radical (unpaired) electrons. The molecule has 0 saturated heterocycles. The predicted molar refractivity (Wildman–Crippen MR) is 93.4 cm³/mol. The van der Waals surface area contributed by atoms with Gasteiger partial charge in [0.2, 0.25) is 5.91 Å². The van der Waals surface area contributed by atoms with Crippen LogP contribution in [0.15, 0.2) is 42.5 Å². The standard InChI is InChI=1S/C18H20N2O.ClH/c1-2-5-17(19)18(21)20-14-8-9-16-13(11-14)10-12-6-3-4-7-15(12)16;/h3-4,6-9,11,17H,2,5,10,19H2,1H3,(H,20,21);1H. The molecule has 0 bridgehead atoms. The zero-order chi connectivity index (χ0) is 14.8. The van der Waals surface area contributed by atoms with Gasteiger partial charge in [-0.2, -0.15) is 0 Å². The lowest BCUT2D eigenvalue weighted by Gasteiger charge is -2.12. The number of anilines is 1. The molecule has 0 heterocycles. The van der Waals surface area contributed by atoms with Gasteiger partial charge < -0.3 is 11.1 Å². The quantitative estimate of drug-likeness (QED) is 0.770. The Kier molecular flexibility index (Phi) is 5.22. The summed E-state index contributed by atoms with van der Waals surface area (Å²) in [4.78, 5) is 12.0. The summed E-state index contributed by atoms with van der Waals surface area (Å²) in [6, 6.07) is 14.1. The fourth-order valence-electron chi connectivity index (χ4n) is 2.90. The minimum atomic E-state index is -0.430. The zero-order valence-electron chi connectivity index (χ0n) is 12.6. The van der Waals surface area contributed by atoms with Crippen molar-refractivity contribution in [1.82, 2.24) is 0 Å². The van der Waals surface area contributed by atoms with Crippen LogP contribution in [0, 0.1) is 0 Å². The van der Waals surface area contributed by atoms with Crippen molar-refractivity contribution in [2.24, 2.45) is 5.73 Å². The third-order valence-electron chi connectivity index (χ3n) is 4.00. The number of halogens is 1. The maximum absolute atomic E-state index is 12.0. The number of nitrogens with two attached hydrogens (primary N) is 1. The van der Waals surface area contributed by atoms with E-state index in [1.807, 2.05) is 13.0 Å². The van der Waals surface area contributed by atoms with Gasteiger partial charge in [-0.05, 0) is 47.2 Å².